The van der Waals surface area contributed by atoms with Crippen molar-refractivity contribution >= 4 is 8.32 Å². The molecule has 1 unspecified atom stereocenters. The molecule has 1 rings (SSSR count). The fourth-order valence-corrected chi connectivity index (χ4v) is 2.99. The SMILES string of the molecule is Cc1ccc(CCC(C#CCO)O[Si](C)(C)C(C)(C)C)o1. The second-order valence-electron chi connectivity index (χ2n) is 6.90. The average molecular weight is 308 g/mol. The minimum absolute atomic E-state index is 0.128. The van der Waals surface area contributed by atoms with Crippen LogP contribution in [0.4, 0.5) is 0 Å². The molecule has 0 aliphatic carbocycles. The molecule has 1 atom stereocenters. The molecule has 0 aliphatic heterocycles. The highest BCUT2D eigenvalue weighted by atomic mass is 28.4. The maximum atomic E-state index is 8.93. The van der Waals surface area contributed by atoms with Crippen LogP contribution in [0.5, 0.6) is 0 Å². The number of aliphatic hydroxyl groups is 1. The highest BCUT2D eigenvalue weighted by molar-refractivity contribution is 6.74. The second-order valence-corrected chi connectivity index (χ2v) is 11.7. The van der Waals surface area contributed by atoms with Gasteiger partial charge >= 0.3 is 0 Å². The second kappa shape index (κ2) is 7.30. The van der Waals surface area contributed by atoms with Gasteiger partial charge in [0.1, 0.15) is 24.2 Å². The molecule has 1 aromatic heterocycles. The lowest BCUT2D eigenvalue weighted by atomic mass is 10.2. The first-order chi connectivity index (χ1) is 9.65. The van der Waals surface area contributed by atoms with Gasteiger partial charge in [-0.15, -0.1) is 0 Å². The minimum atomic E-state index is -1.87. The monoisotopic (exact) mass is 308 g/mol. The molecule has 118 valence electrons. The number of hydrogen-bond donors (Lipinski definition) is 1. The normalized spacial score (nSPS) is 13.7. The van der Waals surface area contributed by atoms with E-state index in [4.69, 9.17) is 13.9 Å². The van der Waals surface area contributed by atoms with Crippen LogP contribution < -0.4 is 0 Å². The van der Waals surface area contributed by atoms with Crippen LogP contribution in [-0.4, -0.2) is 26.1 Å². The Bertz CT molecular complexity index is 500. The quantitative estimate of drug-likeness (QED) is 0.662. The van der Waals surface area contributed by atoms with Crippen LogP contribution in [0.15, 0.2) is 16.5 Å². The van der Waals surface area contributed by atoms with E-state index >= 15 is 0 Å². The van der Waals surface area contributed by atoms with Gasteiger partial charge in [-0.2, -0.15) is 0 Å². The topological polar surface area (TPSA) is 42.6 Å². The van der Waals surface area contributed by atoms with Gasteiger partial charge in [-0.05, 0) is 43.6 Å². The zero-order chi connectivity index (χ0) is 16.1. The third-order valence-corrected chi connectivity index (χ3v) is 8.52. The van der Waals surface area contributed by atoms with Crippen LogP contribution in [0.25, 0.3) is 0 Å². The Hall–Kier alpha value is -1.02. The number of aryl methyl sites for hydroxylation is 2. The Morgan fingerprint density at radius 3 is 2.48 bits per heavy atom. The molecule has 0 saturated carbocycles. The molecular formula is C17H28O3Si. The standard InChI is InChI=1S/C17H28O3Si/c1-14-9-10-15(19-14)11-12-16(8-7-13-18)20-21(5,6)17(2,3)4/h9-10,16,18H,11-13H2,1-6H3. The Morgan fingerprint density at radius 2 is 2.00 bits per heavy atom. The van der Waals surface area contributed by atoms with Crippen molar-refractivity contribution in [3.05, 3.63) is 23.7 Å². The fourth-order valence-electron chi connectivity index (χ4n) is 1.75. The minimum Gasteiger partial charge on any atom is -0.466 e. The number of aliphatic hydroxyl groups excluding tert-OH is 1. The molecule has 1 N–H and O–H groups in total. The summed E-state index contributed by atoms with van der Waals surface area (Å²) in [6, 6.07) is 3.97. The van der Waals surface area contributed by atoms with Crippen molar-refractivity contribution in [1.29, 1.82) is 0 Å². The summed E-state index contributed by atoms with van der Waals surface area (Å²) in [5.74, 6) is 7.67. The van der Waals surface area contributed by atoms with E-state index in [1.54, 1.807) is 0 Å². The average Bonchev–Trinajstić information content (AvgIpc) is 2.77. The Kier molecular flexibility index (Phi) is 6.27. The predicted molar refractivity (Wildman–Crippen MR) is 88.7 cm³/mol. The molecule has 0 fully saturated rings. The van der Waals surface area contributed by atoms with Crippen LogP contribution in [0.1, 0.15) is 38.7 Å². The summed E-state index contributed by atoms with van der Waals surface area (Å²) in [4.78, 5) is 0. The van der Waals surface area contributed by atoms with Gasteiger partial charge in [0.25, 0.3) is 0 Å². The van der Waals surface area contributed by atoms with Crippen LogP contribution in [0.2, 0.25) is 18.1 Å². The molecule has 0 radical (unpaired) electrons. The van der Waals surface area contributed by atoms with Gasteiger partial charge in [0.2, 0.25) is 0 Å². The van der Waals surface area contributed by atoms with E-state index in [2.05, 4.69) is 45.7 Å². The third kappa shape index (κ3) is 5.70. The molecule has 0 aromatic carbocycles. The first-order valence-corrected chi connectivity index (χ1v) is 10.4. The lowest BCUT2D eigenvalue weighted by Crippen LogP contribution is -2.43. The zero-order valence-corrected chi connectivity index (χ0v) is 15.1. The maximum Gasteiger partial charge on any atom is 0.193 e. The van der Waals surface area contributed by atoms with Crippen molar-refractivity contribution in [1.82, 2.24) is 0 Å². The van der Waals surface area contributed by atoms with Gasteiger partial charge in [0.05, 0.1) is 0 Å². The number of rotatable bonds is 5. The molecule has 4 heteroatoms. The van der Waals surface area contributed by atoms with Crippen molar-refractivity contribution in [2.75, 3.05) is 6.61 Å². The van der Waals surface area contributed by atoms with E-state index in [-0.39, 0.29) is 17.7 Å². The van der Waals surface area contributed by atoms with Gasteiger partial charge < -0.3 is 13.9 Å². The van der Waals surface area contributed by atoms with Crippen LogP contribution in [-0.2, 0) is 10.8 Å². The zero-order valence-electron chi connectivity index (χ0n) is 14.1. The summed E-state index contributed by atoms with van der Waals surface area (Å²) < 4.78 is 11.9. The van der Waals surface area contributed by atoms with Gasteiger partial charge in [0.15, 0.2) is 8.32 Å². The largest absolute Gasteiger partial charge is 0.466 e. The Balaban J connectivity index is 2.72. The van der Waals surface area contributed by atoms with Crippen LogP contribution in [0.3, 0.4) is 0 Å². The van der Waals surface area contributed by atoms with E-state index in [1.165, 1.54) is 0 Å². The van der Waals surface area contributed by atoms with Gasteiger partial charge in [-0.3, -0.25) is 0 Å². The van der Waals surface area contributed by atoms with Crippen molar-refractivity contribution < 1.29 is 13.9 Å². The van der Waals surface area contributed by atoms with Crippen LogP contribution in [0, 0.1) is 18.8 Å². The summed E-state index contributed by atoms with van der Waals surface area (Å²) in [5.41, 5.74) is 0. The number of furan rings is 1. The fraction of sp³-hybridized carbons (Fsp3) is 0.647. The van der Waals surface area contributed by atoms with Gasteiger partial charge in [0, 0.05) is 6.42 Å². The van der Waals surface area contributed by atoms with Crippen molar-refractivity contribution in [3.8, 4) is 11.8 Å². The summed E-state index contributed by atoms with van der Waals surface area (Å²) in [6.07, 6.45) is 1.43. The molecule has 1 aromatic rings. The molecular weight excluding hydrogens is 280 g/mol. The summed E-state index contributed by atoms with van der Waals surface area (Å²) in [5, 5.41) is 9.07. The first kappa shape index (κ1) is 18.0. The number of hydrogen-bond acceptors (Lipinski definition) is 3. The molecule has 0 bridgehead atoms. The Morgan fingerprint density at radius 1 is 1.33 bits per heavy atom. The first-order valence-electron chi connectivity index (χ1n) is 7.48. The predicted octanol–water partition coefficient (Wildman–Crippen LogP) is 3.91. The molecule has 0 amide bonds. The molecule has 0 aliphatic rings. The van der Waals surface area contributed by atoms with Gasteiger partial charge in [-0.25, -0.2) is 0 Å². The molecule has 3 nitrogen and oxygen atoms in total. The lowest BCUT2D eigenvalue weighted by Gasteiger charge is -2.38. The van der Waals surface area contributed by atoms with E-state index in [9.17, 15) is 0 Å². The highest BCUT2D eigenvalue weighted by Crippen LogP contribution is 2.37. The molecule has 0 spiro atoms. The van der Waals surface area contributed by atoms with Gasteiger partial charge in [-0.1, -0.05) is 32.6 Å². The van der Waals surface area contributed by atoms with Crippen LogP contribution >= 0.6 is 0 Å². The van der Waals surface area contributed by atoms with E-state index < -0.39 is 8.32 Å². The smallest absolute Gasteiger partial charge is 0.193 e. The lowest BCUT2D eigenvalue weighted by molar-refractivity contribution is 0.220. The summed E-state index contributed by atoms with van der Waals surface area (Å²) in [7, 11) is -1.87. The summed E-state index contributed by atoms with van der Waals surface area (Å²) >= 11 is 0. The molecule has 21 heavy (non-hydrogen) atoms. The van der Waals surface area contributed by atoms with E-state index in [0.29, 0.717) is 0 Å². The van der Waals surface area contributed by atoms with E-state index in [1.807, 2.05) is 19.1 Å². The molecule has 0 saturated heterocycles. The van der Waals surface area contributed by atoms with Crippen molar-refractivity contribution in [2.45, 2.75) is 64.8 Å². The van der Waals surface area contributed by atoms with Crippen molar-refractivity contribution in [3.63, 3.8) is 0 Å². The Labute approximate surface area is 129 Å². The van der Waals surface area contributed by atoms with E-state index in [0.717, 1.165) is 24.4 Å². The summed E-state index contributed by atoms with van der Waals surface area (Å²) in [6.45, 7) is 12.9. The molecule has 1 heterocycles. The maximum absolute atomic E-state index is 8.93. The third-order valence-electron chi connectivity index (χ3n) is 4.03. The van der Waals surface area contributed by atoms with Crippen molar-refractivity contribution in [2.24, 2.45) is 0 Å². The highest BCUT2D eigenvalue weighted by Gasteiger charge is 2.38.